The lowest BCUT2D eigenvalue weighted by Gasteiger charge is -2.08. The summed E-state index contributed by atoms with van der Waals surface area (Å²) in [5, 5.41) is 0. The molecule has 0 spiro atoms. The number of benzene rings is 3. The van der Waals surface area contributed by atoms with E-state index in [4.69, 9.17) is 5.73 Å². The second-order valence-electron chi connectivity index (χ2n) is 4.53. The molecule has 3 aromatic rings. The fourth-order valence-electron chi connectivity index (χ4n) is 2.05. The first kappa shape index (κ1) is 12.8. The highest BCUT2D eigenvalue weighted by Crippen LogP contribution is 2.34. The number of nitrogen functional groups attached to an aromatic ring is 1. The molecule has 2 N–H and O–H groups in total. The highest BCUT2D eigenvalue weighted by Gasteiger charge is 2.05. The normalized spacial score (nSPS) is 10.4. The molecule has 3 rings (SSSR count). The maximum Gasteiger partial charge on any atom is 0.0456 e. The first-order valence-electron chi connectivity index (χ1n) is 6.51. The number of anilines is 1. The van der Waals surface area contributed by atoms with E-state index in [9.17, 15) is 0 Å². The van der Waals surface area contributed by atoms with Gasteiger partial charge in [-0.3, -0.25) is 0 Å². The zero-order valence-corrected chi connectivity index (χ0v) is 11.8. The number of hydrogen-bond donors (Lipinski definition) is 1. The van der Waals surface area contributed by atoms with Gasteiger partial charge in [-0.05, 0) is 35.4 Å². The first-order valence-corrected chi connectivity index (χ1v) is 7.32. The van der Waals surface area contributed by atoms with Gasteiger partial charge in [0, 0.05) is 15.5 Å². The van der Waals surface area contributed by atoms with Crippen molar-refractivity contribution in [3.63, 3.8) is 0 Å². The fourth-order valence-corrected chi connectivity index (χ4v) is 2.97. The lowest BCUT2D eigenvalue weighted by atomic mass is 10.1. The lowest BCUT2D eigenvalue weighted by molar-refractivity contribution is 1.41. The molecule has 20 heavy (non-hydrogen) atoms. The summed E-state index contributed by atoms with van der Waals surface area (Å²) in [4.78, 5) is 2.29. The van der Waals surface area contributed by atoms with Gasteiger partial charge in [-0.25, -0.2) is 0 Å². The molecule has 0 heterocycles. The van der Waals surface area contributed by atoms with Crippen molar-refractivity contribution in [1.29, 1.82) is 0 Å². The molecule has 3 aromatic carbocycles. The van der Waals surface area contributed by atoms with E-state index in [-0.39, 0.29) is 0 Å². The molecular formula is C18H15NS. The van der Waals surface area contributed by atoms with E-state index in [1.807, 2.05) is 30.3 Å². The smallest absolute Gasteiger partial charge is 0.0456 e. The second-order valence-corrected chi connectivity index (χ2v) is 5.65. The fraction of sp³-hybridized carbons (Fsp3) is 0. The standard InChI is InChI=1S/C18H15NS/c19-17-12-11-15(14-7-3-1-4-8-14)13-18(17)20-16-9-5-2-6-10-16/h1-13H,19H2. The van der Waals surface area contributed by atoms with Gasteiger partial charge in [0.15, 0.2) is 0 Å². The first-order chi connectivity index (χ1) is 9.83. The van der Waals surface area contributed by atoms with Crippen molar-refractivity contribution in [3.8, 4) is 11.1 Å². The van der Waals surface area contributed by atoms with Gasteiger partial charge in [0.1, 0.15) is 0 Å². The van der Waals surface area contributed by atoms with Crippen molar-refractivity contribution < 1.29 is 0 Å². The van der Waals surface area contributed by atoms with Crippen LogP contribution in [0.5, 0.6) is 0 Å². The van der Waals surface area contributed by atoms with E-state index in [1.165, 1.54) is 16.0 Å². The van der Waals surface area contributed by atoms with Crippen LogP contribution >= 0.6 is 11.8 Å². The largest absolute Gasteiger partial charge is 0.398 e. The molecule has 0 aromatic heterocycles. The van der Waals surface area contributed by atoms with Crippen LogP contribution in [0.15, 0.2) is 88.7 Å². The van der Waals surface area contributed by atoms with Crippen LogP contribution < -0.4 is 5.73 Å². The average Bonchev–Trinajstić information content (AvgIpc) is 2.51. The van der Waals surface area contributed by atoms with E-state index < -0.39 is 0 Å². The Kier molecular flexibility index (Phi) is 3.75. The van der Waals surface area contributed by atoms with Crippen molar-refractivity contribution in [2.75, 3.05) is 5.73 Å². The molecule has 0 fully saturated rings. The van der Waals surface area contributed by atoms with Gasteiger partial charge in [-0.15, -0.1) is 0 Å². The average molecular weight is 277 g/mol. The minimum atomic E-state index is 0.818. The molecule has 0 amide bonds. The Bertz CT molecular complexity index is 693. The maximum absolute atomic E-state index is 6.09. The van der Waals surface area contributed by atoms with Gasteiger partial charge in [0.2, 0.25) is 0 Å². The minimum absolute atomic E-state index is 0.818. The van der Waals surface area contributed by atoms with Crippen LogP contribution in [0.4, 0.5) is 5.69 Å². The number of nitrogens with two attached hydrogens (primary N) is 1. The summed E-state index contributed by atoms with van der Waals surface area (Å²) in [6.07, 6.45) is 0. The Labute approximate surface area is 123 Å². The van der Waals surface area contributed by atoms with E-state index in [0.717, 1.165) is 10.6 Å². The predicted molar refractivity (Wildman–Crippen MR) is 86.9 cm³/mol. The Morgan fingerprint density at radius 1 is 0.650 bits per heavy atom. The summed E-state index contributed by atoms with van der Waals surface area (Å²) in [5.41, 5.74) is 9.32. The van der Waals surface area contributed by atoms with Gasteiger partial charge in [-0.1, -0.05) is 66.4 Å². The molecule has 1 nitrogen and oxygen atoms in total. The Hall–Kier alpha value is -2.19. The van der Waals surface area contributed by atoms with Gasteiger partial charge in [0.05, 0.1) is 0 Å². The summed E-state index contributed by atoms with van der Waals surface area (Å²) in [5.74, 6) is 0. The summed E-state index contributed by atoms with van der Waals surface area (Å²) >= 11 is 1.70. The van der Waals surface area contributed by atoms with Crippen LogP contribution in [0, 0.1) is 0 Å². The monoisotopic (exact) mass is 277 g/mol. The van der Waals surface area contributed by atoms with E-state index in [0.29, 0.717) is 0 Å². The van der Waals surface area contributed by atoms with Crippen LogP contribution in [-0.2, 0) is 0 Å². The lowest BCUT2D eigenvalue weighted by Crippen LogP contribution is -1.89. The number of hydrogen-bond acceptors (Lipinski definition) is 2. The Morgan fingerprint density at radius 2 is 1.30 bits per heavy atom. The van der Waals surface area contributed by atoms with Crippen LogP contribution in [0.25, 0.3) is 11.1 Å². The van der Waals surface area contributed by atoms with Crippen LogP contribution in [-0.4, -0.2) is 0 Å². The van der Waals surface area contributed by atoms with Crippen molar-refractivity contribution in [1.82, 2.24) is 0 Å². The van der Waals surface area contributed by atoms with Crippen molar-refractivity contribution in [2.24, 2.45) is 0 Å². The molecule has 0 atom stereocenters. The van der Waals surface area contributed by atoms with Crippen molar-refractivity contribution in [2.45, 2.75) is 9.79 Å². The quantitative estimate of drug-likeness (QED) is 0.675. The second kappa shape index (κ2) is 5.85. The van der Waals surface area contributed by atoms with Crippen LogP contribution in [0.1, 0.15) is 0 Å². The molecule has 0 unspecified atom stereocenters. The van der Waals surface area contributed by atoms with Crippen LogP contribution in [0.3, 0.4) is 0 Å². The van der Waals surface area contributed by atoms with Gasteiger partial charge < -0.3 is 5.73 Å². The zero-order valence-electron chi connectivity index (χ0n) is 11.0. The molecule has 0 radical (unpaired) electrons. The van der Waals surface area contributed by atoms with Crippen molar-refractivity contribution >= 4 is 17.4 Å². The SMILES string of the molecule is Nc1ccc(-c2ccccc2)cc1Sc1ccccc1. The minimum Gasteiger partial charge on any atom is -0.398 e. The summed E-state index contributed by atoms with van der Waals surface area (Å²) in [7, 11) is 0. The van der Waals surface area contributed by atoms with E-state index in [2.05, 4.69) is 48.5 Å². The Balaban J connectivity index is 1.95. The Morgan fingerprint density at radius 3 is 2.00 bits per heavy atom. The molecule has 2 heteroatoms. The third-order valence-corrected chi connectivity index (χ3v) is 4.17. The van der Waals surface area contributed by atoms with Crippen molar-refractivity contribution in [3.05, 3.63) is 78.9 Å². The van der Waals surface area contributed by atoms with Gasteiger partial charge in [0.25, 0.3) is 0 Å². The topological polar surface area (TPSA) is 26.0 Å². The summed E-state index contributed by atoms with van der Waals surface area (Å²) < 4.78 is 0. The molecule has 0 aliphatic rings. The van der Waals surface area contributed by atoms with E-state index >= 15 is 0 Å². The summed E-state index contributed by atoms with van der Waals surface area (Å²) in [6.45, 7) is 0. The molecule has 0 bridgehead atoms. The third kappa shape index (κ3) is 2.86. The molecule has 0 aliphatic carbocycles. The molecular weight excluding hydrogens is 262 g/mol. The van der Waals surface area contributed by atoms with Crippen LogP contribution in [0.2, 0.25) is 0 Å². The molecule has 0 saturated heterocycles. The highest BCUT2D eigenvalue weighted by atomic mass is 32.2. The molecule has 0 saturated carbocycles. The maximum atomic E-state index is 6.09. The third-order valence-electron chi connectivity index (χ3n) is 3.09. The summed E-state index contributed by atoms with van der Waals surface area (Å²) in [6, 6.07) is 26.9. The predicted octanol–water partition coefficient (Wildman–Crippen LogP) is 5.09. The molecule has 0 aliphatic heterocycles. The van der Waals surface area contributed by atoms with Gasteiger partial charge >= 0.3 is 0 Å². The van der Waals surface area contributed by atoms with E-state index in [1.54, 1.807) is 11.8 Å². The zero-order chi connectivity index (χ0) is 13.8. The highest BCUT2D eigenvalue weighted by molar-refractivity contribution is 7.99. The van der Waals surface area contributed by atoms with Gasteiger partial charge in [-0.2, -0.15) is 0 Å². The molecule has 98 valence electrons. The number of rotatable bonds is 3.